The molecule has 1 aliphatic carbocycles. The molecule has 1 N–H and O–H groups in total. The molecule has 1 saturated carbocycles. The van der Waals surface area contributed by atoms with Crippen LogP contribution >= 0.6 is 11.6 Å². The number of carboxylic acids is 1. The quantitative estimate of drug-likeness (QED) is 0.271. The number of carbonyl (C=O) groups is 1. The third-order valence-electron chi connectivity index (χ3n) is 7.57. The molecule has 4 aromatic rings. The van der Waals surface area contributed by atoms with Crippen molar-refractivity contribution in [1.29, 1.82) is 0 Å². The molecule has 37 heavy (non-hydrogen) atoms. The molecule has 0 aliphatic heterocycles. The Kier molecular flexibility index (Phi) is 7.18. The first-order valence-corrected chi connectivity index (χ1v) is 13.1. The van der Waals surface area contributed by atoms with Crippen molar-refractivity contribution >= 4 is 28.3 Å². The molecule has 5 nitrogen and oxygen atoms in total. The molecule has 0 radical (unpaired) electrons. The van der Waals surface area contributed by atoms with Gasteiger partial charge in [-0.2, -0.15) is 0 Å². The van der Waals surface area contributed by atoms with Gasteiger partial charge in [0.25, 0.3) is 5.56 Å². The standard InChI is InChI=1S/C31H31ClN2O3/c1-20(25-9-5-7-22-6-3-4-8-26(22)25)33(2)19-29-27(23-14-15-23)18-28(32)30(35)34(29)17-16-21-10-12-24(13-11-21)31(36)37/h3-13,18,20,23H,14-17,19H2,1-2H3,(H,36,37)/t20-/m0/s1. The van der Waals surface area contributed by atoms with Gasteiger partial charge in [-0.25, -0.2) is 4.79 Å². The van der Waals surface area contributed by atoms with E-state index in [1.165, 1.54) is 21.9 Å². The van der Waals surface area contributed by atoms with Crippen LogP contribution in [-0.2, 0) is 19.5 Å². The summed E-state index contributed by atoms with van der Waals surface area (Å²) in [6.45, 7) is 3.32. The summed E-state index contributed by atoms with van der Waals surface area (Å²) in [4.78, 5) is 26.8. The number of nitrogens with zero attached hydrogens (tertiary/aromatic N) is 2. The fourth-order valence-electron chi connectivity index (χ4n) is 5.13. The first-order valence-electron chi connectivity index (χ1n) is 12.8. The zero-order valence-corrected chi connectivity index (χ0v) is 21.9. The SMILES string of the molecule is C[C@@H](c1cccc2ccccc12)N(C)Cc1c(C2CC2)cc(Cl)c(=O)n1CCc1ccc(C(=O)O)cc1. The van der Waals surface area contributed by atoms with E-state index in [1.807, 2.05) is 22.8 Å². The van der Waals surface area contributed by atoms with Gasteiger partial charge in [0.15, 0.2) is 0 Å². The van der Waals surface area contributed by atoms with E-state index in [2.05, 4.69) is 61.3 Å². The third kappa shape index (κ3) is 5.34. The summed E-state index contributed by atoms with van der Waals surface area (Å²) in [5.74, 6) is -0.507. The Morgan fingerprint density at radius 1 is 1.08 bits per heavy atom. The Hall–Kier alpha value is -3.41. The number of rotatable bonds is 9. The summed E-state index contributed by atoms with van der Waals surface area (Å²) in [5, 5.41) is 11.9. The molecule has 0 amide bonds. The average molecular weight is 515 g/mol. The van der Waals surface area contributed by atoms with Gasteiger partial charge in [0, 0.05) is 24.8 Å². The van der Waals surface area contributed by atoms with Crippen molar-refractivity contribution in [3.8, 4) is 0 Å². The highest BCUT2D eigenvalue weighted by atomic mass is 35.5. The van der Waals surface area contributed by atoms with Crippen LogP contribution in [0.25, 0.3) is 10.8 Å². The molecular weight excluding hydrogens is 484 g/mol. The largest absolute Gasteiger partial charge is 0.478 e. The number of pyridine rings is 1. The lowest BCUT2D eigenvalue weighted by atomic mass is 9.98. The second-order valence-electron chi connectivity index (χ2n) is 10.0. The molecule has 0 bridgehead atoms. The van der Waals surface area contributed by atoms with Crippen LogP contribution in [0.4, 0.5) is 0 Å². The minimum atomic E-state index is -0.947. The van der Waals surface area contributed by atoms with E-state index in [1.54, 1.807) is 12.1 Å². The van der Waals surface area contributed by atoms with Crippen LogP contribution in [0, 0.1) is 0 Å². The van der Waals surface area contributed by atoms with E-state index in [9.17, 15) is 14.7 Å². The van der Waals surface area contributed by atoms with E-state index < -0.39 is 5.97 Å². The number of fused-ring (bicyclic) bond motifs is 1. The molecule has 5 rings (SSSR count). The predicted octanol–water partition coefficient (Wildman–Crippen LogP) is 6.67. The van der Waals surface area contributed by atoms with Crippen LogP contribution in [-0.4, -0.2) is 27.6 Å². The van der Waals surface area contributed by atoms with Crippen molar-refractivity contribution in [3.05, 3.63) is 116 Å². The van der Waals surface area contributed by atoms with Crippen molar-refractivity contribution in [3.63, 3.8) is 0 Å². The van der Waals surface area contributed by atoms with Crippen molar-refractivity contribution in [2.24, 2.45) is 0 Å². The lowest BCUT2D eigenvalue weighted by Crippen LogP contribution is -2.31. The summed E-state index contributed by atoms with van der Waals surface area (Å²) in [6.07, 6.45) is 2.83. The molecule has 0 spiro atoms. The van der Waals surface area contributed by atoms with E-state index in [4.69, 9.17) is 11.6 Å². The summed E-state index contributed by atoms with van der Waals surface area (Å²) in [6, 6.07) is 23.7. The van der Waals surface area contributed by atoms with E-state index in [0.29, 0.717) is 25.4 Å². The fraction of sp³-hybridized carbons (Fsp3) is 0.290. The molecule has 1 fully saturated rings. The zero-order chi connectivity index (χ0) is 26.1. The number of benzene rings is 3. The molecule has 1 aliphatic rings. The lowest BCUT2D eigenvalue weighted by molar-refractivity contribution is 0.0697. The van der Waals surface area contributed by atoms with Crippen LogP contribution in [0.1, 0.15) is 64.5 Å². The van der Waals surface area contributed by atoms with Gasteiger partial charge in [-0.15, -0.1) is 0 Å². The Morgan fingerprint density at radius 3 is 2.49 bits per heavy atom. The first-order chi connectivity index (χ1) is 17.8. The van der Waals surface area contributed by atoms with Crippen molar-refractivity contribution in [2.75, 3.05) is 7.05 Å². The number of aryl methyl sites for hydroxylation is 1. The molecular formula is C31H31ClN2O3. The van der Waals surface area contributed by atoms with Gasteiger partial charge in [-0.1, -0.05) is 66.2 Å². The van der Waals surface area contributed by atoms with E-state index in [0.717, 1.165) is 24.1 Å². The molecule has 1 atom stereocenters. The molecule has 0 unspecified atom stereocenters. The van der Waals surface area contributed by atoms with Gasteiger partial charge < -0.3 is 9.67 Å². The lowest BCUT2D eigenvalue weighted by Gasteiger charge is -2.29. The number of carboxylic acid groups (broad SMARTS) is 1. The molecule has 1 aromatic heterocycles. The van der Waals surface area contributed by atoms with Crippen molar-refractivity contribution < 1.29 is 9.90 Å². The normalized spacial score (nSPS) is 14.3. The van der Waals surface area contributed by atoms with E-state index >= 15 is 0 Å². The monoisotopic (exact) mass is 514 g/mol. The Bertz CT molecular complexity index is 1500. The molecule has 1 heterocycles. The molecule has 6 heteroatoms. The number of aromatic nitrogens is 1. The topological polar surface area (TPSA) is 62.5 Å². The highest BCUT2D eigenvalue weighted by Gasteiger charge is 2.30. The average Bonchev–Trinajstić information content (AvgIpc) is 3.75. The van der Waals surface area contributed by atoms with Crippen LogP contribution in [0.15, 0.2) is 77.6 Å². The fourth-order valence-corrected chi connectivity index (χ4v) is 5.35. The van der Waals surface area contributed by atoms with Gasteiger partial charge in [-0.05, 0) is 84.8 Å². The Labute approximate surface area is 221 Å². The third-order valence-corrected chi connectivity index (χ3v) is 7.84. The summed E-state index contributed by atoms with van der Waals surface area (Å²) in [7, 11) is 2.11. The second kappa shape index (κ2) is 10.5. The molecule has 0 saturated heterocycles. The number of hydrogen-bond acceptors (Lipinski definition) is 3. The van der Waals surface area contributed by atoms with Crippen LogP contribution < -0.4 is 5.56 Å². The van der Waals surface area contributed by atoms with Crippen molar-refractivity contribution in [1.82, 2.24) is 9.47 Å². The van der Waals surface area contributed by atoms with Crippen LogP contribution in [0.2, 0.25) is 5.02 Å². The maximum Gasteiger partial charge on any atom is 0.335 e. The Balaban J connectivity index is 1.46. The van der Waals surface area contributed by atoms with Gasteiger partial charge >= 0.3 is 5.97 Å². The second-order valence-corrected chi connectivity index (χ2v) is 10.4. The number of hydrogen-bond donors (Lipinski definition) is 1. The maximum absolute atomic E-state index is 13.3. The summed E-state index contributed by atoms with van der Waals surface area (Å²) in [5.41, 5.74) is 4.51. The summed E-state index contributed by atoms with van der Waals surface area (Å²) < 4.78 is 1.84. The Morgan fingerprint density at radius 2 is 1.78 bits per heavy atom. The van der Waals surface area contributed by atoms with Crippen molar-refractivity contribution in [2.45, 2.75) is 51.2 Å². The molecule has 3 aromatic carbocycles. The number of halogens is 1. The minimum absolute atomic E-state index is 0.140. The maximum atomic E-state index is 13.3. The summed E-state index contributed by atoms with van der Waals surface area (Å²) >= 11 is 6.45. The van der Waals surface area contributed by atoms with Gasteiger partial charge in [0.05, 0.1) is 5.56 Å². The highest BCUT2D eigenvalue weighted by molar-refractivity contribution is 6.30. The van der Waals surface area contributed by atoms with Crippen LogP contribution in [0.5, 0.6) is 0 Å². The van der Waals surface area contributed by atoms with Crippen LogP contribution in [0.3, 0.4) is 0 Å². The van der Waals surface area contributed by atoms with Gasteiger partial charge in [0.1, 0.15) is 5.02 Å². The van der Waals surface area contributed by atoms with Gasteiger partial charge in [0.2, 0.25) is 0 Å². The predicted molar refractivity (Wildman–Crippen MR) is 149 cm³/mol. The van der Waals surface area contributed by atoms with E-state index in [-0.39, 0.29) is 22.2 Å². The highest BCUT2D eigenvalue weighted by Crippen LogP contribution is 2.42. The zero-order valence-electron chi connectivity index (χ0n) is 21.2. The number of aromatic carboxylic acids is 1. The minimum Gasteiger partial charge on any atom is -0.478 e. The van der Waals surface area contributed by atoms with Gasteiger partial charge in [-0.3, -0.25) is 9.69 Å². The smallest absolute Gasteiger partial charge is 0.335 e. The first kappa shape index (κ1) is 25.2. The molecule has 190 valence electrons.